The second-order valence-corrected chi connectivity index (χ2v) is 4.26. The van der Waals surface area contributed by atoms with Gasteiger partial charge in [-0.05, 0) is 24.3 Å². The summed E-state index contributed by atoms with van der Waals surface area (Å²) in [5.74, 6) is 0.562. The van der Waals surface area contributed by atoms with Gasteiger partial charge in [0.15, 0.2) is 0 Å². The van der Waals surface area contributed by atoms with Crippen LogP contribution in [-0.4, -0.2) is 21.6 Å². The molecule has 3 aromatic heterocycles. The standard InChI is InChI=1S/C15H14N2O2/c1-19-14-9-11(5-6-16-14)15-12(10-18)8-13-4-2-3-7-17(13)15/h2-9,18H,10H2,1H3. The van der Waals surface area contributed by atoms with E-state index >= 15 is 0 Å². The minimum Gasteiger partial charge on any atom is -0.481 e. The molecule has 0 aliphatic rings. The maximum absolute atomic E-state index is 9.55. The van der Waals surface area contributed by atoms with Gasteiger partial charge in [-0.15, -0.1) is 0 Å². The Balaban J connectivity index is 2.27. The van der Waals surface area contributed by atoms with E-state index in [0.717, 1.165) is 22.3 Å². The molecule has 3 heterocycles. The Kier molecular flexibility index (Phi) is 2.93. The summed E-state index contributed by atoms with van der Waals surface area (Å²) in [6.45, 7) is 0.00164. The highest BCUT2D eigenvalue weighted by atomic mass is 16.5. The number of rotatable bonds is 3. The molecule has 0 spiro atoms. The molecule has 1 N–H and O–H groups in total. The molecule has 0 aliphatic carbocycles. The van der Waals surface area contributed by atoms with E-state index in [1.54, 1.807) is 13.3 Å². The van der Waals surface area contributed by atoms with Gasteiger partial charge in [-0.1, -0.05) is 6.07 Å². The van der Waals surface area contributed by atoms with E-state index in [0.29, 0.717) is 5.88 Å². The highest BCUT2D eigenvalue weighted by Crippen LogP contribution is 2.29. The first-order chi connectivity index (χ1) is 9.33. The van der Waals surface area contributed by atoms with Crippen molar-refractivity contribution in [2.24, 2.45) is 0 Å². The van der Waals surface area contributed by atoms with Crippen LogP contribution in [0.1, 0.15) is 5.56 Å². The van der Waals surface area contributed by atoms with E-state index in [9.17, 15) is 5.11 Å². The third-order valence-corrected chi connectivity index (χ3v) is 3.15. The van der Waals surface area contributed by atoms with Gasteiger partial charge in [-0.2, -0.15) is 0 Å². The van der Waals surface area contributed by atoms with Crippen LogP contribution >= 0.6 is 0 Å². The number of hydrogen-bond donors (Lipinski definition) is 1. The lowest BCUT2D eigenvalue weighted by Crippen LogP contribution is -1.93. The lowest BCUT2D eigenvalue weighted by Gasteiger charge is -2.07. The number of pyridine rings is 2. The fourth-order valence-corrected chi connectivity index (χ4v) is 2.29. The van der Waals surface area contributed by atoms with Crippen molar-refractivity contribution in [1.29, 1.82) is 0 Å². The maximum Gasteiger partial charge on any atom is 0.213 e. The first-order valence-electron chi connectivity index (χ1n) is 6.03. The van der Waals surface area contributed by atoms with Crippen molar-refractivity contribution < 1.29 is 9.84 Å². The van der Waals surface area contributed by atoms with Gasteiger partial charge in [-0.3, -0.25) is 0 Å². The van der Waals surface area contributed by atoms with E-state index < -0.39 is 0 Å². The lowest BCUT2D eigenvalue weighted by molar-refractivity contribution is 0.282. The molecule has 96 valence electrons. The number of fused-ring (bicyclic) bond motifs is 1. The minimum absolute atomic E-state index is 0.00164. The summed E-state index contributed by atoms with van der Waals surface area (Å²) < 4.78 is 7.21. The molecule has 0 aromatic carbocycles. The zero-order valence-corrected chi connectivity index (χ0v) is 10.6. The molecule has 0 saturated heterocycles. The molecule has 0 bridgehead atoms. The molecule has 0 radical (unpaired) electrons. The number of nitrogens with zero attached hydrogens (tertiary/aromatic N) is 2. The van der Waals surface area contributed by atoms with Crippen molar-refractivity contribution >= 4 is 5.52 Å². The van der Waals surface area contributed by atoms with Gasteiger partial charge < -0.3 is 14.2 Å². The zero-order valence-electron chi connectivity index (χ0n) is 10.6. The summed E-state index contributed by atoms with van der Waals surface area (Å²) in [6.07, 6.45) is 3.69. The molecule has 3 aromatic rings. The van der Waals surface area contributed by atoms with Crippen LogP contribution in [0, 0.1) is 0 Å². The molecule has 0 unspecified atom stereocenters. The summed E-state index contributed by atoms with van der Waals surface area (Å²) in [5, 5.41) is 9.55. The molecule has 4 heteroatoms. The second kappa shape index (κ2) is 4.74. The second-order valence-electron chi connectivity index (χ2n) is 4.26. The summed E-state index contributed by atoms with van der Waals surface area (Å²) in [6, 6.07) is 11.7. The van der Waals surface area contributed by atoms with Crippen molar-refractivity contribution in [3.8, 4) is 17.1 Å². The molecule has 0 saturated carbocycles. The van der Waals surface area contributed by atoms with Gasteiger partial charge in [0.2, 0.25) is 5.88 Å². The van der Waals surface area contributed by atoms with Crippen LogP contribution in [0.4, 0.5) is 0 Å². The average molecular weight is 254 g/mol. The maximum atomic E-state index is 9.55. The van der Waals surface area contributed by atoms with Crippen molar-refractivity contribution in [1.82, 2.24) is 9.38 Å². The number of ether oxygens (including phenoxy) is 1. The fraction of sp³-hybridized carbons (Fsp3) is 0.133. The molecule has 19 heavy (non-hydrogen) atoms. The van der Waals surface area contributed by atoms with E-state index in [-0.39, 0.29) is 6.61 Å². The van der Waals surface area contributed by atoms with E-state index in [2.05, 4.69) is 9.38 Å². The molecule has 0 amide bonds. The normalized spacial score (nSPS) is 10.8. The van der Waals surface area contributed by atoms with Gasteiger partial charge in [0, 0.05) is 35.1 Å². The third-order valence-electron chi connectivity index (χ3n) is 3.15. The third kappa shape index (κ3) is 1.96. The van der Waals surface area contributed by atoms with Gasteiger partial charge >= 0.3 is 0 Å². The highest BCUT2D eigenvalue weighted by Gasteiger charge is 2.12. The predicted molar refractivity (Wildman–Crippen MR) is 73.1 cm³/mol. The van der Waals surface area contributed by atoms with Crippen LogP contribution < -0.4 is 4.74 Å². The first-order valence-corrected chi connectivity index (χ1v) is 6.03. The summed E-state index contributed by atoms with van der Waals surface area (Å²) in [4.78, 5) is 4.11. The van der Waals surface area contributed by atoms with Crippen molar-refractivity contribution in [2.75, 3.05) is 7.11 Å². The zero-order chi connectivity index (χ0) is 13.2. The van der Waals surface area contributed by atoms with Crippen LogP contribution in [0.15, 0.2) is 48.8 Å². The molecule has 0 aliphatic heterocycles. The lowest BCUT2D eigenvalue weighted by atomic mass is 10.1. The van der Waals surface area contributed by atoms with E-state index in [4.69, 9.17) is 4.74 Å². The summed E-state index contributed by atoms with van der Waals surface area (Å²) in [7, 11) is 1.59. The Morgan fingerprint density at radius 1 is 1.26 bits per heavy atom. The molecular weight excluding hydrogens is 240 g/mol. The Labute approximate surface area is 110 Å². The highest BCUT2D eigenvalue weighted by molar-refractivity contribution is 5.72. The van der Waals surface area contributed by atoms with Gasteiger partial charge in [0.1, 0.15) is 0 Å². The Morgan fingerprint density at radius 3 is 2.95 bits per heavy atom. The van der Waals surface area contributed by atoms with Gasteiger partial charge in [0.25, 0.3) is 0 Å². The number of aromatic nitrogens is 2. The Hall–Kier alpha value is -2.33. The monoisotopic (exact) mass is 254 g/mol. The minimum atomic E-state index is 0.00164. The number of hydrogen-bond acceptors (Lipinski definition) is 3. The number of aliphatic hydroxyl groups excluding tert-OH is 1. The topological polar surface area (TPSA) is 46.8 Å². The fourth-order valence-electron chi connectivity index (χ4n) is 2.29. The summed E-state index contributed by atoms with van der Waals surface area (Å²) in [5.41, 5.74) is 3.89. The van der Waals surface area contributed by atoms with Crippen LogP contribution in [0.2, 0.25) is 0 Å². The Morgan fingerprint density at radius 2 is 2.16 bits per heavy atom. The first kappa shape index (κ1) is 11.7. The van der Waals surface area contributed by atoms with Crippen LogP contribution in [0.25, 0.3) is 16.8 Å². The van der Waals surface area contributed by atoms with Crippen LogP contribution in [-0.2, 0) is 6.61 Å². The van der Waals surface area contributed by atoms with Crippen LogP contribution in [0.5, 0.6) is 5.88 Å². The van der Waals surface area contributed by atoms with E-state index in [1.807, 2.05) is 42.6 Å². The molecule has 3 rings (SSSR count). The van der Waals surface area contributed by atoms with E-state index in [1.165, 1.54) is 0 Å². The van der Waals surface area contributed by atoms with Crippen molar-refractivity contribution in [3.63, 3.8) is 0 Å². The smallest absolute Gasteiger partial charge is 0.213 e. The molecule has 4 nitrogen and oxygen atoms in total. The average Bonchev–Trinajstić information content (AvgIpc) is 2.85. The SMILES string of the molecule is COc1cc(-c2c(CO)cc3ccccn23)ccn1. The van der Waals surface area contributed by atoms with Gasteiger partial charge in [-0.25, -0.2) is 4.98 Å². The van der Waals surface area contributed by atoms with Crippen LogP contribution in [0.3, 0.4) is 0 Å². The van der Waals surface area contributed by atoms with Gasteiger partial charge in [0.05, 0.1) is 19.4 Å². The molecule has 0 atom stereocenters. The summed E-state index contributed by atoms with van der Waals surface area (Å²) >= 11 is 0. The Bertz CT molecular complexity index is 719. The molecule has 0 fully saturated rings. The predicted octanol–water partition coefficient (Wildman–Crippen LogP) is 2.50. The quantitative estimate of drug-likeness (QED) is 0.781. The van der Waals surface area contributed by atoms with Crippen molar-refractivity contribution in [2.45, 2.75) is 6.61 Å². The largest absolute Gasteiger partial charge is 0.481 e. The molecular formula is C15H14N2O2. The number of aliphatic hydroxyl groups is 1. The number of methoxy groups -OCH3 is 1. The van der Waals surface area contributed by atoms with Crippen molar-refractivity contribution in [3.05, 3.63) is 54.4 Å².